The summed E-state index contributed by atoms with van der Waals surface area (Å²) in [5, 5.41) is 0. The molecule has 0 amide bonds. The zero-order chi connectivity index (χ0) is 20.2. The molecule has 0 spiro atoms. The van der Waals surface area contributed by atoms with Crippen LogP contribution in [0.5, 0.6) is 5.75 Å². The van der Waals surface area contributed by atoms with Gasteiger partial charge in [-0.3, -0.25) is 0 Å². The highest BCUT2D eigenvalue weighted by atomic mass is 32.2. The molecule has 0 bridgehead atoms. The predicted octanol–water partition coefficient (Wildman–Crippen LogP) is 3.35. The lowest BCUT2D eigenvalue weighted by Crippen LogP contribution is -2.29. The van der Waals surface area contributed by atoms with E-state index >= 15 is 0 Å². The second kappa shape index (κ2) is 8.49. The summed E-state index contributed by atoms with van der Waals surface area (Å²) in [6.07, 6.45) is 1.99. The first kappa shape index (κ1) is 21.5. The van der Waals surface area contributed by atoms with Crippen LogP contribution < -0.4 is 4.18 Å². The van der Waals surface area contributed by atoms with Crippen LogP contribution in [0.25, 0.3) is 0 Å². The molecule has 0 aromatic heterocycles. The number of benzene rings is 1. The van der Waals surface area contributed by atoms with Crippen molar-refractivity contribution in [1.29, 1.82) is 0 Å². The van der Waals surface area contributed by atoms with E-state index in [1.807, 2.05) is 0 Å². The van der Waals surface area contributed by atoms with Gasteiger partial charge in [-0.2, -0.15) is 13.2 Å². The summed E-state index contributed by atoms with van der Waals surface area (Å²) in [6, 6.07) is 2.75. The molecule has 27 heavy (non-hydrogen) atoms. The van der Waals surface area contributed by atoms with Crippen LogP contribution in [-0.4, -0.2) is 41.6 Å². The van der Waals surface area contributed by atoms with Crippen molar-refractivity contribution in [3.63, 3.8) is 0 Å². The molecule has 1 fully saturated rings. The molecule has 1 heterocycles. The first-order chi connectivity index (χ1) is 12.6. The number of carbonyl (C=O) groups excluding carboxylic acids is 1. The molecule has 2 unspecified atom stereocenters. The molecule has 0 radical (unpaired) electrons. The summed E-state index contributed by atoms with van der Waals surface area (Å²) in [7, 11) is -3.79. The SMILES string of the molecule is C=S(=O)(Oc1c(COC2CCCCO2)ccc(C(=O)OC)c1C)C(F)(F)F. The van der Waals surface area contributed by atoms with Crippen LogP contribution >= 0.6 is 0 Å². The van der Waals surface area contributed by atoms with Crippen molar-refractivity contribution < 1.29 is 40.6 Å². The van der Waals surface area contributed by atoms with Gasteiger partial charge in [0.05, 0.1) is 19.3 Å². The average molecular weight is 410 g/mol. The van der Waals surface area contributed by atoms with Gasteiger partial charge in [0.15, 0.2) is 6.29 Å². The molecule has 10 heteroatoms. The number of ether oxygens (including phenoxy) is 3. The summed E-state index contributed by atoms with van der Waals surface area (Å²) in [4.78, 5) is 11.8. The third-order valence-electron chi connectivity index (χ3n) is 4.03. The van der Waals surface area contributed by atoms with Gasteiger partial charge in [-0.1, -0.05) is 6.07 Å². The van der Waals surface area contributed by atoms with Gasteiger partial charge < -0.3 is 18.4 Å². The minimum Gasteiger partial charge on any atom is -0.465 e. The van der Waals surface area contributed by atoms with E-state index in [1.165, 1.54) is 19.1 Å². The fourth-order valence-electron chi connectivity index (χ4n) is 2.52. The second-order valence-electron chi connectivity index (χ2n) is 5.97. The lowest BCUT2D eigenvalue weighted by molar-refractivity contribution is -0.169. The number of halogens is 3. The van der Waals surface area contributed by atoms with Crippen molar-refractivity contribution in [2.45, 2.75) is 44.6 Å². The number of hydrogen-bond acceptors (Lipinski definition) is 6. The zero-order valence-electron chi connectivity index (χ0n) is 15.0. The molecule has 2 rings (SSSR count). The molecule has 1 aliphatic rings. The highest BCUT2D eigenvalue weighted by molar-refractivity contribution is 7.97. The third-order valence-corrected chi connectivity index (χ3v) is 5.17. The molecule has 6 nitrogen and oxygen atoms in total. The Bertz CT molecular complexity index is 783. The summed E-state index contributed by atoms with van der Waals surface area (Å²) in [5.74, 6) is 1.53. The van der Waals surface area contributed by atoms with Gasteiger partial charge in [-0.05, 0) is 38.1 Å². The standard InChI is InChI=1S/C17H21F3O6S/c1-11-13(16(21)23-2)8-7-12(10-25-14-6-4-5-9-24-14)15(11)26-27(3,22)17(18,19)20/h7-8,14H,3-6,9-10H2,1-2H3. The Balaban J connectivity index is 2.36. The molecule has 0 N–H and O–H groups in total. The molecular formula is C17H21F3O6S. The van der Waals surface area contributed by atoms with Crippen molar-refractivity contribution in [1.82, 2.24) is 0 Å². The van der Waals surface area contributed by atoms with Gasteiger partial charge in [0.1, 0.15) is 5.75 Å². The minimum atomic E-state index is -5.18. The largest absolute Gasteiger partial charge is 0.496 e. The maximum atomic E-state index is 13.0. The fourth-order valence-corrected chi connectivity index (χ4v) is 3.11. The smallest absolute Gasteiger partial charge is 0.465 e. The lowest BCUT2D eigenvalue weighted by Gasteiger charge is -2.24. The molecule has 0 aliphatic carbocycles. The van der Waals surface area contributed by atoms with Gasteiger partial charge in [-0.15, -0.1) is 0 Å². The fraction of sp³-hybridized carbons (Fsp3) is 0.529. The van der Waals surface area contributed by atoms with E-state index in [2.05, 4.69) is 10.6 Å². The third kappa shape index (κ3) is 5.14. The predicted molar refractivity (Wildman–Crippen MR) is 92.8 cm³/mol. The van der Waals surface area contributed by atoms with Crippen LogP contribution in [-0.2, 0) is 30.6 Å². The molecular weight excluding hydrogens is 389 g/mol. The Morgan fingerprint density at radius 3 is 2.63 bits per heavy atom. The Morgan fingerprint density at radius 2 is 2.07 bits per heavy atom. The quantitative estimate of drug-likeness (QED) is 0.529. The van der Waals surface area contributed by atoms with Gasteiger partial charge in [0.25, 0.3) is 0 Å². The lowest BCUT2D eigenvalue weighted by atomic mass is 10.0. The van der Waals surface area contributed by atoms with Crippen molar-refractivity contribution in [3.05, 3.63) is 28.8 Å². The number of rotatable bonds is 6. The Labute approximate surface area is 155 Å². The number of methoxy groups -OCH3 is 1. The highest BCUT2D eigenvalue weighted by Gasteiger charge is 2.42. The molecule has 1 aromatic rings. The maximum Gasteiger partial charge on any atom is 0.496 e. The van der Waals surface area contributed by atoms with E-state index in [0.717, 1.165) is 20.0 Å². The first-order valence-corrected chi connectivity index (χ1v) is 9.79. The Kier molecular flexibility index (Phi) is 6.77. The number of alkyl halides is 3. The van der Waals surface area contributed by atoms with Crippen LogP contribution in [0.2, 0.25) is 0 Å². The number of esters is 1. The van der Waals surface area contributed by atoms with E-state index in [9.17, 15) is 22.2 Å². The highest BCUT2D eigenvalue weighted by Crippen LogP contribution is 2.34. The van der Waals surface area contributed by atoms with E-state index in [0.29, 0.717) is 13.0 Å². The summed E-state index contributed by atoms with van der Waals surface area (Å²) < 4.78 is 71.2. The maximum absolute atomic E-state index is 13.0. The van der Waals surface area contributed by atoms with Gasteiger partial charge in [0.2, 0.25) is 9.80 Å². The van der Waals surface area contributed by atoms with Crippen molar-refractivity contribution in [2.24, 2.45) is 0 Å². The van der Waals surface area contributed by atoms with Crippen molar-refractivity contribution >= 4 is 21.6 Å². The van der Waals surface area contributed by atoms with E-state index in [1.54, 1.807) is 0 Å². The van der Waals surface area contributed by atoms with E-state index in [-0.39, 0.29) is 29.0 Å². The average Bonchev–Trinajstić information content (AvgIpc) is 2.61. The van der Waals surface area contributed by atoms with Gasteiger partial charge in [0, 0.05) is 17.7 Å². The van der Waals surface area contributed by atoms with Crippen LogP contribution in [0.4, 0.5) is 13.2 Å². The number of carbonyl (C=O) groups is 1. The molecule has 152 valence electrons. The van der Waals surface area contributed by atoms with Crippen molar-refractivity contribution in [3.8, 4) is 5.75 Å². The molecule has 1 saturated heterocycles. The monoisotopic (exact) mass is 410 g/mol. The van der Waals surface area contributed by atoms with Crippen LogP contribution in [0.1, 0.15) is 40.7 Å². The van der Waals surface area contributed by atoms with Crippen LogP contribution in [0, 0.1) is 6.92 Å². The normalized spacial score (nSPS) is 20.0. The minimum absolute atomic E-state index is 0.0115. The molecule has 2 atom stereocenters. The van der Waals surface area contributed by atoms with Crippen LogP contribution in [0.3, 0.4) is 0 Å². The van der Waals surface area contributed by atoms with E-state index < -0.39 is 27.6 Å². The van der Waals surface area contributed by atoms with Crippen molar-refractivity contribution in [2.75, 3.05) is 13.7 Å². The summed E-state index contributed by atoms with van der Waals surface area (Å²) in [5.41, 5.74) is -4.95. The molecule has 1 aliphatic heterocycles. The zero-order valence-corrected chi connectivity index (χ0v) is 15.8. The molecule has 0 saturated carbocycles. The van der Waals surface area contributed by atoms with E-state index in [4.69, 9.17) is 13.7 Å². The summed E-state index contributed by atoms with van der Waals surface area (Å²) in [6.45, 7) is 1.76. The topological polar surface area (TPSA) is 71.1 Å². The Morgan fingerprint density at radius 1 is 1.37 bits per heavy atom. The van der Waals surface area contributed by atoms with Gasteiger partial charge >= 0.3 is 11.5 Å². The Hall–Kier alpha value is -1.78. The first-order valence-electron chi connectivity index (χ1n) is 8.13. The summed E-state index contributed by atoms with van der Waals surface area (Å²) >= 11 is 0. The van der Waals surface area contributed by atoms with Crippen LogP contribution in [0.15, 0.2) is 12.1 Å². The number of hydrogen-bond donors (Lipinski definition) is 0. The molecule has 1 aromatic carbocycles. The van der Waals surface area contributed by atoms with Gasteiger partial charge in [-0.25, -0.2) is 9.00 Å². The second-order valence-corrected chi connectivity index (χ2v) is 7.83.